The minimum Gasteiger partial charge on any atom is -0.466 e. The molecular weight excluding hydrogens is 256 g/mol. The molecule has 84 valence electrons. The topological polar surface area (TPSA) is 42.4 Å². The fourth-order valence-electron chi connectivity index (χ4n) is 2.28. The zero-order chi connectivity index (χ0) is 11.0. The third-order valence-electron chi connectivity index (χ3n) is 3.06. The smallest absolute Gasteiger partial charge is 0.136 e. The highest BCUT2D eigenvalue weighted by atomic mass is 79.9. The minimum atomic E-state index is 0.176. The Kier molecular flexibility index (Phi) is 3.19. The lowest BCUT2D eigenvalue weighted by atomic mass is 10.1. The first-order valence-corrected chi connectivity index (χ1v) is 6.14. The molecule has 0 radical (unpaired) electrons. The highest BCUT2D eigenvalue weighted by Gasteiger charge is 2.37. The Balaban J connectivity index is 2.29. The molecule has 1 saturated heterocycles. The second-order valence-electron chi connectivity index (χ2n) is 4.36. The van der Waals surface area contributed by atoms with Crippen LogP contribution in [0.2, 0.25) is 0 Å². The third-order valence-corrected chi connectivity index (χ3v) is 3.72. The van der Waals surface area contributed by atoms with Gasteiger partial charge in [-0.3, -0.25) is 4.90 Å². The zero-order valence-electron chi connectivity index (χ0n) is 9.11. The average Bonchev–Trinajstić information content (AvgIpc) is 2.71. The van der Waals surface area contributed by atoms with Gasteiger partial charge < -0.3 is 10.2 Å². The fourth-order valence-corrected chi connectivity index (χ4v) is 2.72. The van der Waals surface area contributed by atoms with Crippen LogP contribution in [0.25, 0.3) is 0 Å². The molecule has 2 rings (SSSR count). The highest BCUT2D eigenvalue weighted by Crippen LogP contribution is 2.36. The monoisotopic (exact) mass is 272 g/mol. The lowest BCUT2D eigenvalue weighted by Crippen LogP contribution is -2.35. The van der Waals surface area contributed by atoms with Gasteiger partial charge in [-0.25, -0.2) is 0 Å². The van der Waals surface area contributed by atoms with Gasteiger partial charge in [0.15, 0.2) is 0 Å². The molecule has 2 atom stereocenters. The molecule has 1 aromatic heterocycles. The minimum absolute atomic E-state index is 0.176. The van der Waals surface area contributed by atoms with E-state index in [0.29, 0.717) is 6.04 Å². The summed E-state index contributed by atoms with van der Waals surface area (Å²) in [6.07, 6.45) is 2.75. The molecule has 0 amide bonds. The number of hydrogen-bond donors (Lipinski definition) is 1. The number of likely N-dealkylation sites (tertiary alicyclic amines) is 1. The van der Waals surface area contributed by atoms with Crippen LogP contribution >= 0.6 is 15.9 Å². The number of hydrogen-bond acceptors (Lipinski definition) is 3. The predicted molar refractivity (Wildman–Crippen MR) is 63.6 cm³/mol. The Hall–Kier alpha value is -0.320. The van der Waals surface area contributed by atoms with Crippen LogP contribution in [0.4, 0.5) is 0 Å². The Bertz CT molecular complexity index is 337. The lowest BCUT2D eigenvalue weighted by molar-refractivity contribution is 0.176. The van der Waals surface area contributed by atoms with E-state index < -0.39 is 0 Å². The molecule has 2 unspecified atom stereocenters. The Morgan fingerprint density at radius 2 is 2.33 bits per heavy atom. The molecule has 0 saturated carbocycles. The average molecular weight is 273 g/mol. The fraction of sp³-hybridized carbons (Fsp3) is 0.636. The molecule has 2 heterocycles. The maximum absolute atomic E-state index is 6.14. The standard InChI is InChI=1S/C11H17BrN2O/c1-7(2)14-5-3-9(13)10(14)11-8(12)4-6-15-11/h4,6-7,9-10H,3,5,13H2,1-2H3. The number of halogens is 1. The number of nitrogens with two attached hydrogens (primary N) is 1. The Labute approximate surface area is 98.7 Å². The van der Waals surface area contributed by atoms with E-state index in [1.165, 1.54) is 0 Å². The van der Waals surface area contributed by atoms with Gasteiger partial charge >= 0.3 is 0 Å². The molecule has 1 aliphatic rings. The van der Waals surface area contributed by atoms with Crippen molar-refractivity contribution in [3.8, 4) is 0 Å². The molecule has 4 heteroatoms. The van der Waals surface area contributed by atoms with Gasteiger partial charge in [-0.2, -0.15) is 0 Å². The molecular formula is C11H17BrN2O. The summed E-state index contributed by atoms with van der Waals surface area (Å²) in [7, 11) is 0. The van der Waals surface area contributed by atoms with Crippen molar-refractivity contribution in [3.05, 3.63) is 22.6 Å². The first-order valence-electron chi connectivity index (χ1n) is 5.35. The van der Waals surface area contributed by atoms with Gasteiger partial charge in [-0.15, -0.1) is 0 Å². The van der Waals surface area contributed by atoms with Crippen LogP contribution in [-0.4, -0.2) is 23.5 Å². The number of rotatable bonds is 2. The molecule has 1 aromatic rings. The SMILES string of the molecule is CC(C)N1CCC(N)C1c1occc1Br. The molecule has 0 bridgehead atoms. The zero-order valence-corrected chi connectivity index (χ0v) is 10.7. The molecule has 15 heavy (non-hydrogen) atoms. The van der Waals surface area contributed by atoms with Gasteiger partial charge in [0.2, 0.25) is 0 Å². The van der Waals surface area contributed by atoms with Gasteiger partial charge in [-0.1, -0.05) is 0 Å². The van der Waals surface area contributed by atoms with Crippen molar-refractivity contribution >= 4 is 15.9 Å². The Morgan fingerprint density at radius 3 is 2.87 bits per heavy atom. The summed E-state index contributed by atoms with van der Waals surface area (Å²) >= 11 is 3.50. The van der Waals surface area contributed by atoms with Crippen LogP contribution in [0, 0.1) is 0 Å². The third kappa shape index (κ3) is 1.98. The van der Waals surface area contributed by atoms with E-state index >= 15 is 0 Å². The van der Waals surface area contributed by atoms with Crippen LogP contribution in [0.5, 0.6) is 0 Å². The summed E-state index contributed by atoms with van der Waals surface area (Å²) in [5.41, 5.74) is 6.14. The van der Waals surface area contributed by atoms with Crippen molar-refractivity contribution in [3.63, 3.8) is 0 Å². The quantitative estimate of drug-likeness (QED) is 0.900. The van der Waals surface area contributed by atoms with Crippen LogP contribution in [-0.2, 0) is 0 Å². The van der Waals surface area contributed by atoms with Crippen molar-refractivity contribution < 1.29 is 4.42 Å². The van der Waals surface area contributed by atoms with E-state index in [4.69, 9.17) is 10.2 Å². The van der Waals surface area contributed by atoms with E-state index in [-0.39, 0.29) is 12.1 Å². The van der Waals surface area contributed by atoms with Gasteiger partial charge in [0.25, 0.3) is 0 Å². The van der Waals surface area contributed by atoms with E-state index in [1.807, 2.05) is 6.07 Å². The van der Waals surface area contributed by atoms with Crippen molar-refractivity contribution in [2.24, 2.45) is 5.73 Å². The first kappa shape index (κ1) is 11.2. The maximum Gasteiger partial charge on any atom is 0.136 e. The van der Waals surface area contributed by atoms with Gasteiger partial charge in [-0.05, 0) is 42.3 Å². The summed E-state index contributed by atoms with van der Waals surface area (Å²) in [5, 5.41) is 0. The summed E-state index contributed by atoms with van der Waals surface area (Å²) in [6.45, 7) is 5.44. The summed E-state index contributed by atoms with van der Waals surface area (Å²) < 4.78 is 6.55. The number of furan rings is 1. The molecule has 3 nitrogen and oxygen atoms in total. The highest BCUT2D eigenvalue weighted by molar-refractivity contribution is 9.10. The van der Waals surface area contributed by atoms with Crippen LogP contribution in [0.3, 0.4) is 0 Å². The summed E-state index contributed by atoms with van der Waals surface area (Å²) in [4.78, 5) is 2.40. The van der Waals surface area contributed by atoms with Gasteiger partial charge in [0.05, 0.1) is 16.8 Å². The van der Waals surface area contributed by atoms with Crippen LogP contribution < -0.4 is 5.73 Å². The van der Waals surface area contributed by atoms with Crippen molar-refractivity contribution in [2.45, 2.75) is 38.4 Å². The molecule has 0 spiro atoms. The second-order valence-corrected chi connectivity index (χ2v) is 5.22. The van der Waals surface area contributed by atoms with E-state index in [1.54, 1.807) is 6.26 Å². The van der Waals surface area contributed by atoms with Crippen LogP contribution in [0.15, 0.2) is 21.2 Å². The molecule has 2 N–H and O–H groups in total. The molecule has 0 aliphatic carbocycles. The van der Waals surface area contributed by atoms with Gasteiger partial charge in [0, 0.05) is 18.6 Å². The van der Waals surface area contributed by atoms with Gasteiger partial charge in [0.1, 0.15) is 5.76 Å². The largest absolute Gasteiger partial charge is 0.466 e. The summed E-state index contributed by atoms with van der Waals surface area (Å²) in [5.74, 6) is 0.966. The normalized spacial score (nSPS) is 27.8. The van der Waals surface area contributed by atoms with Crippen LogP contribution in [0.1, 0.15) is 32.1 Å². The van der Waals surface area contributed by atoms with E-state index in [9.17, 15) is 0 Å². The predicted octanol–water partition coefficient (Wildman–Crippen LogP) is 2.52. The number of nitrogens with zero attached hydrogens (tertiary/aromatic N) is 1. The lowest BCUT2D eigenvalue weighted by Gasteiger charge is -2.28. The first-order chi connectivity index (χ1) is 7.11. The molecule has 1 aliphatic heterocycles. The Morgan fingerprint density at radius 1 is 1.60 bits per heavy atom. The molecule has 0 aromatic carbocycles. The van der Waals surface area contributed by atoms with Crippen molar-refractivity contribution in [1.82, 2.24) is 4.90 Å². The van der Waals surface area contributed by atoms with Crippen molar-refractivity contribution in [1.29, 1.82) is 0 Å². The summed E-state index contributed by atoms with van der Waals surface area (Å²) in [6, 6.07) is 2.82. The van der Waals surface area contributed by atoms with E-state index in [0.717, 1.165) is 23.2 Å². The van der Waals surface area contributed by atoms with Crippen molar-refractivity contribution in [2.75, 3.05) is 6.54 Å². The molecule has 1 fully saturated rings. The van der Waals surface area contributed by atoms with E-state index in [2.05, 4.69) is 34.7 Å². The second kappa shape index (κ2) is 4.28. The maximum atomic E-state index is 6.14.